The summed E-state index contributed by atoms with van der Waals surface area (Å²) in [5, 5.41) is 0.832. The van der Waals surface area contributed by atoms with E-state index in [-0.39, 0.29) is 17.6 Å². The maximum atomic E-state index is 11.5. The first kappa shape index (κ1) is 10.4. The molecule has 3 rings (SSSR count). The van der Waals surface area contributed by atoms with Crippen LogP contribution < -0.4 is 4.74 Å². The van der Waals surface area contributed by atoms with E-state index < -0.39 is 0 Å². The van der Waals surface area contributed by atoms with Gasteiger partial charge >= 0.3 is 0 Å². The highest BCUT2D eigenvalue weighted by Crippen LogP contribution is 2.33. The summed E-state index contributed by atoms with van der Waals surface area (Å²) in [4.78, 5) is 11.5. The Kier molecular flexibility index (Phi) is 2.37. The van der Waals surface area contributed by atoms with Crippen LogP contribution in [0.3, 0.4) is 0 Å². The molecule has 88 valence electrons. The third kappa shape index (κ3) is 1.91. The monoisotopic (exact) mass is 232 g/mol. The lowest BCUT2D eigenvalue weighted by atomic mass is 10.2. The number of carbonyl (C=O) groups excluding carboxylic acids is 1. The van der Waals surface area contributed by atoms with Gasteiger partial charge in [-0.2, -0.15) is 0 Å². The van der Waals surface area contributed by atoms with Crippen molar-refractivity contribution in [2.45, 2.75) is 13.0 Å². The molecule has 4 nitrogen and oxygen atoms in total. The Labute approximate surface area is 98.1 Å². The number of ketones is 1. The molecule has 1 aromatic heterocycles. The summed E-state index contributed by atoms with van der Waals surface area (Å²) in [7, 11) is 0. The molecule has 17 heavy (non-hydrogen) atoms. The predicted octanol–water partition coefficient (Wildman–Crippen LogP) is 2.41. The zero-order valence-electron chi connectivity index (χ0n) is 9.43. The number of Topliss-reactive ketones (excluding diaryl/α,β-unsaturated/α-hetero) is 1. The van der Waals surface area contributed by atoms with Gasteiger partial charge in [0.05, 0.1) is 12.0 Å². The number of fused-ring (bicyclic) bond motifs is 1. The maximum Gasteiger partial charge on any atom is 0.212 e. The number of hydrogen-bond acceptors (Lipinski definition) is 4. The molecule has 1 unspecified atom stereocenters. The fourth-order valence-electron chi connectivity index (χ4n) is 1.74. The molecule has 1 aromatic carbocycles. The normalized spacial score (nSPS) is 18.3. The molecule has 4 heteroatoms. The van der Waals surface area contributed by atoms with Gasteiger partial charge in [-0.05, 0) is 12.1 Å². The van der Waals surface area contributed by atoms with Gasteiger partial charge in [-0.3, -0.25) is 4.79 Å². The van der Waals surface area contributed by atoms with Crippen LogP contribution in [-0.4, -0.2) is 25.1 Å². The second-order valence-electron chi connectivity index (χ2n) is 4.08. The van der Waals surface area contributed by atoms with Crippen LogP contribution in [0.4, 0.5) is 0 Å². The molecule has 0 radical (unpaired) electrons. The number of ether oxygens (including phenoxy) is 2. The summed E-state index contributed by atoms with van der Waals surface area (Å²) in [6.45, 7) is 2.66. The van der Waals surface area contributed by atoms with Crippen molar-refractivity contribution in [2.24, 2.45) is 0 Å². The first-order chi connectivity index (χ1) is 8.25. The molecule has 1 atom stereocenters. The molecule has 1 saturated heterocycles. The number of benzene rings is 1. The Balaban J connectivity index is 2.03. The zero-order valence-corrected chi connectivity index (χ0v) is 9.43. The highest BCUT2D eigenvalue weighted by atomic mass is 16.6. The first-order valence-electron chi connectivity index (χ1n) is 5.52. The molecule has 0 aliphatic carbocycles. The lowest BCUT2D eigenvalue weighted by molar-refractivity contribution is 0.0983. The van der Waals surface area contributed by atoms with E-state index in [4.69, 9.17) is 13.9 Å². The van der Waals surface area contributed by atoms with Crippen LogP contribution in [0.2, 0.25) is 0 Å². The molecule has 1 fully saturated rings. The molecule has 0 N–H and O–H groups in total. The lowest BCUT2D eigenvalue weighted by Crippen LogP contribution is -2.06. The fraction of sp³-hybridized carbons (Fsp3) is 0.308. The molecular formula is C13H12O4. The Bertz CT molecular complexity index is 566. The minimum absolute atomic E-state index is 0.132. The molecule has 2 aromatic rings. The quantitative estimate of drug-likeness (QED) is 0.600. The van der Waals surface area contributed by atoms with Gasteiger partial charge in [-0.25, -0.2) is 0 Å². The van der Waals surface area contributed by atoms with Crippen molar-refractivity contribution < 1.29 is 18.7 Å². The lowest BCUT2D eigenvalue weighted by Gasteiger charge is -2.02. The van der Waals surface area contributed by atoms with Gasteiger partial charge < -0.3 is 13.9 Å². The highest BCUT2D eigenvalue weighted by Gasteiger charge is 2.26. The number of rotatable bonds is 4. The van der Waals surface area contributed by atoms with Crippen LogP contribution in [0.25, 0.3) is 11.0 Å². The standard InChI is InChI=1S/C13H12O4/c1-8(14)12-13(16-7-9-6-15-9)10-4-2-3-5-11(10)17-12/h2-5,9H,6-7H2,1H3. The largest absolute Gasteiger partial charge is 0.486 e. The van der Waals surface area contributed by atoms with E-state index in [0.717, 1.165) is 12.0 Å². The third-order valence-corrected chi connectivity index (χ3v) is 2.69. The number of epoxide rings is 1. The second kappa shape index (κ2) is 3.89. The van der Waals surface area contributed by atoms with Gasteiger partial charge in [0.15, 0.2) is 11.5 Å². The number of hydrogen-bond donors (Lipinski definition) is 0. The van der Waals surface area contributed by atoms with Crippen molar-refractivity contribution in [1.82, 2.24) is 0 Å². The van der Waals surface area contributed by atoms with Crippen molar-refractivity contribution in [3.63, 3.8) is 0 Å². The molecule has 2 heterocycles. The van der Waals surface area contributed by atoms with E-state index in [1.807, 2.05) is 24.3 Å². The van der Waals surface area contributed by atoms with Crippen molar-refractivity contribution in [1.29, 1.82) is 0 Å². The maximum absolute atomic E-state index is 11.5. The minimum Gasteiger partial charge on any atom is -0.486 e. The summed E-state index contributed by atoms with van der Waals surface area (Å²) >= 11 is 0. The molecule has 1 aliphatic heterocycles. The summed E-state index contributed by atoms with van der Waals surface area (Å²) in [5.41, 5.74) is 0.671. The summed E-state index contributed by atoms with van der Waals surface area (Å²) < 4.78 is 16.2. The number of furan rings is 1. The van der Waals surface area contributed by atoms with E-state index in [2.05, 4.69) is 0 Å². The summed E-state index contributed by atoms with van der Waals surface area (Å²) in [6, 6.07) is 7.46. The van der Waals surface area contributed by atoms with Gasteiger partial charge in [0.1, 0.15) is 18.3 Å². The fourth-order valence-corrected chi connectivity index (χ4v) is 1.74. The van der Waals surface area contributed by atoms with E-state index in [1.54, 1.807) is 0 Å². The van der Waals surface area contributed by atoms with Gasteiger partial charge in [0.25, 0.3) is 0 Å². The van der Waals surface area contributed by atoms with Crippen molar-refractivity contribution >= 4 is 16.8 Å². The van der Waals surface area contributed by atoms with E-state index in [0.29, 0.717) is 17.9 Å². The van der Waals surface area contributed by atoms with Crippen molar-refractivity contribution in [2.75, 3.05) is 13.2 Å². The Morgan fingerprint density at radius 2 is 2.24 bits per heavy atom. The SMILES string of the molecule is CC(=O)c1oc2ccccc2c1OCC1CO1. The molecule has 0 saturated carbocycles. The molecule has 0 bridgehead atoms. The van der Waals surface area contributed by atoms with Crippen LogP contribution in [0, 0.1) is 0 Å². The van der Waals surface area contributed by atoms with E-state index in [9.17, 15) is 4.79 Å². The van der Waals surface area contributed by atoms with Gasteiger partial charge in [-0.15, -0.1) is 0 Å². The van der Waals surface area contributed by atoms with Crippen LogP contribution in [-0.2, 0) is 4.74 Å². The summed E-state index contributed by atoms with van der Waals surface area (Å²) in [5.74, 6) is 0.684. The molecule has 0 amide bonds. The molecular weight excluding hydrogens is 220 g/mol. The van der Waals surface area contributed by atoms with Crippen LogP contribution in [0.15, 0.2) is 28.7 Å². The van der Waals surface area contributed by atoms with Crippen molar-refractivity contribution in [3.8, 4) is 5.75 Å². The second-order valence-corrected chi connectivity index (χ2v) is 4.08. The van der Waals surface area contributed by atoms with Crippen LogP contribution in [0.1, 0.15) is 17.5 Å². The van der Waals surface area contributed by atoms with Gasteiger partial charge in [0, 0.05) is 6.92 Å². The number of para-hydroxylation sites is 1. The molecule has 0 spiro atoms. The van der Waals surface area contributed by atoms with Crippen LogP contribution >= 0.6 is 0 Å². The minimum atomic E-state index is -0.132. The van der Waals surface area contributed by atoms with Crippen LogP contribution in [0.5, 0.6) is 5.75 Å². The summed E-state index contributed by atoms with van der Waals surface area (Å²) in [6.07, 6.45) is 0.156. The Hall–Kier alpha value is -1.81. The molecule has 1 aliphatic rings. The first-order valence-corrected chi connectivity index (χ1v) is 5.52. The topological polar surface area (TPSA) is 52.0 Å². The predicted molar refractivity (Wildman–Crippen MR) is 61.5 cm³/mol. The Morgan fingerprint density at radius 1 is 1.47 bits per heavy atom. The van der Waals surface area contributed by atoms with Gasteiger partial charge in [-0.1, -0.05) is 12.1 Å². The zero-order chi connectivity index (χ0) is 11.8. The third-order valence-electron chi connectivity index (χ3n) is 2.69. The van der Waals surface area contributed by atoms with E-state index >= 15 is 0 Å². The average molecular weight is 232 g/mol. The van der Waals surface area contributed by atoms with Gasteiger partial charge in [0.2, 0.25) is 5.76 Å². The average Bonchev–Trinajstić information content (AvgIpc) is 3.07. The number of carbonyl (C=O) groups is 1. The van der Waals surface area contributed by atoms with E-state index in [1.165, 1.54) is 6.92 Å². The van der Waals surface area contributed by atoms with Crippen molar-refractivity contribution in [3.05, 3.63) is 30.0 Å². The highest BCUT2D eigenvalue weighted by molar-refractivity contribution is 6.01. The Morgan fingerprint density at radius 3 is 2.94 bits per heavy atom. The smallest absolute Gasteiger partial charge is 0.212 e.